The van der Waals surface area contributed by atoms with Crippen molar-refractivity contribution in [2.24, 2.45) is 0 Å². The molecule has 1 fully saturated rings. The van der Waals surface area contributed by atoms with Crippen LogP contribution in [0.2, 0.25) is 10.0 Å². The third kappa shape index (κ3) is 4.22. The molecule has 1 atom stereocenters. The van der Waals surface area contributed by atoms with Crippen molar-refractivity contribution in [3.8, 4) is 0 Å². The van der Waals surface area contributed by atoms with Gasteiger partial charge in [0, 0.05) is 26.6 Å². The maximum Gasteiger partial charge on any atom is 0.254 e. The largest absolute Gasteiger partial charge is 0.327 e. The standard InChI is InChI=1S/C19H17BrCl2N2O2/c1-11-4-5-16(15(20)7-11)23-18(25)17-3-2-6-24(17)19(26)12-8-13(21)10-14(22)9-12/h4-5,7-10,17H,2-3,6H2,1H3,(H,23,25). The summed E-state index contributed by atoms with van der Waals surface area (Å²) in [6, 6.07) is 9.89. The van der Waals surface area contributed by atoms with Crippen molar-refractivity contribution in [3.05, 3.63) is 62.0 Å². The molecule has 4 nitrogen and oxygen atoms in total. The van der Waals surface area contributed by atoms with Crippen molar-refractivity contribution in [2.45, 2.75) is 25.8 Å². The van der Waals surface area contributed by atoms with Crippen LogP contribution < -0.4 is 5.32 Å². The molecule has 26 heavy (non-hydrogen) atoms. The van der Waals surface area contributed by atoms with Gasteiger partial charge in [-0.25, -0.2) is 0 Å². The van der Waals surface area contributed by atoms with Crippen LogP contribution in [-0.4, -0.2) is 29.3 Å². The van der Waals surface area contributed by atoms with E-state index in [1.54, 1.807) is 23.1 Å². The molecule has 1 saturated heterocycles. The van der Waals surface area contributed by atoms with Gasteiger partial charge in [0.25, 0.3) is 5.91 Å². The smallest absolute Gasteiger partial charge is 0.254 e. The summed E-state index contributed by atoms with van der Waals surface area (Å²) < 4.78 is 0.809. The van der Waals surface area contributed by atoms with Crippen LogP contribution in [0, 0.1) is 6.92 Å². The Labute approximate surface area is 170 Å². The van der Waals surface area contributed by atoms with Gasteiger partial charge in [0.1, 0.15) is 6.04 Å². The van der Waals surface area contributed by atoms with Crippen molar-refractivity contribution >= 4 is 56.6 Å². The Kier molecular flexibility index (Phi) is 5.90. The third-order valence-electron chi connectivity index (χ3n) is 4.31. The first-order chi connectivity index (χ1) is 12.3. The molecule has 3 rings (SSSR count). The lowest BCUT2D eigenvalue weighted by Gasteiger charge is -2.24. The Hall–Kier alpha value is -1.56. The second-order valence-electron chi connectivity index (χ2n) is 6.29. The maximum absolute atomic E-state index is 12.8. The summed E-state index contributed by atoms with van der Waals surface area (Å²) in [6.07, 6.45) is 1.39. The van der Waals surface area contributed by atoms with Gasteiger partial charge in [-0.05, 0) is 71.6 Å². The Morgan fingerprint density at radius 1 is 1.15 bits per heavy atom. The normalized spacial score (nSPS) is 16.6. The lowest BCUT2D eigenvalue weighted by atomic mass is 10.1. The van der Waals surface area contributed by atoms with Crippen LogP contribution >= 0.6 is 39.1 Å². The molecule has 7 heteroatoms. The highest BCUT2D eigenvalue weighted by Gasteiger charge is 2.35. The van der Waals surface area contributed by atoms with Crippen LogP contribution in [0.1, 0.15) is 28.8 Å². The molecular formula is C19H17BrCl2N2O2. The molecule has 1 unspecified atom stereocenters. The van der Waals surface area contributed by atoms with Gasteiger partial charge in [0.15, 0.2) is 0 Å². The summed E-state index contributed by atoms with van der Waals surface area (Å²) in [5.74, 6) is -0.441. The van der Waals surface area contributed by atoms with E-state index in [9.17, 15) is 9.59 Å². The monoisotopic (exact) mass is 454 g/mol. The zero-order valence-electron chi connectivity index (χ0n) is 14.1. The summed E-state index contributed by atoms with van der Waals surface area (Å²) in [5, 5.41) is 3.69. The minimum atomic E-state index is -0.520. The van der Waals surface area contributed by atoms with Gasteiger partial charge in [-0.3, -0.25) is 9.59 Å². The van der Waals surface area contributed by atoms with Gasteiger partial charge in [-0.2, -0.15) is 0 Å². The average Bonchev–Trinajstić information content (AvgIpc) is 3.05. The molecule has 0 bridgehead atoms. The van der Waals surface area contributed by atoms with Crippen LogP contribution in [-0.2, 0) is 4.79 Å². The lowest BCUT2D eigenvalue weighted by Crippen LogP contribution is -2.43. The first-order valence-electron chi connectivity index (χ1n) is 8.19. The number of benzene rings is 2. The van der Waals surface area contributed by atoms with E-state index >= 15 is 0 Å². The second-order valence-corrected chi connectivity index (χ2v) is 8.01. The topological polar surface area (TPSA) is 49.4 Å². The molecule has 0 aliphatic carbocycles. The summed E-state index contributed by atoms with van der Waals surface area (Å²) in [4.78, 5) is 27.2. The molecule has 1 aliphatic rings. The molecule has 2 aromatic carbocycles. The van der Waals surface area contributed by atoms with Crippen molar-refractivity contribution in [1.82, 2.24) is 4.90 Å². The molecule has 2 aromatic rings. The first-order valence-corrected chi connectivity index (χ1v) is 9.74. The summed E-state index contributed by atoms with van der Waals surface area (Å²) in [6.45, 7) is 2.50. The molecule has 1 heterocycles. The highest BCUT2D eigenvalue weighted by molar-refractivity contribution is 9.10. The predicted octanol–water partition coefficient (Wildman–Crippen LogP) is 5.31. The lowest BCUT2D eigenvalue weighted by molar-refractivity contribution is -0.119. The molecule has 136 valence electrons. The van der Waals surface area contributed by atoms with Gasteiger partial charge >= 0.3 is 0 Å². The van der Waals surface area contributed by atoms with Gasteiger partial charge < -0.3 is 10.2 Å². The van der Waals surface area contributed by atoms with E-state index in [1.807, 2.05) is 25.1 Å². The quantitative estimate of drug-likeness (QED) is 0.681. The minimum Gasteiger partial charge on any atom is -0.327 e. The van der Waals surface area contributed by atoms with E-state index in [0.717, 1.165) is 16.5 Å². The molecule has 0 spiro atoms. The highest BCUT2D eigenvalue weighted by atomic mass is 79.9. The zero-order chi connectivity index (χ0) is 18.8. The number of hydrogen-bond donors (Lipinski definition) is 1. The van der Waals surface area contributed by atoms with Crippen LogP contribution in [0.15, 0.2) is 40.9 Å². The molecule has 0 saturated carbocycles. The SMILES string of the molecule is Cc1ccc(NC(=O)C2CCCN2C(=O)c2cc(Cl)cc(Cl)c2)c(Br)c1. The maximum atomic E-state index is 12.8. The number of hydrogen-bond acceptors (Lipinski definition) is 2. The molecule has 1 N–H and O–H groups in total. The Morgan fingerprint density at radius 2 is 1.85 bits per heavy atom. The molecule has 2 amide bonds. The fourth-order valence-electron chi connectivity index (χ4n) is 3.06. The van der Waals surface area contributed by atoms with E-state index in [4.69, 9.17) is 23.2 Å². The molecule has 0 aromatic heterocycles. The van der Waals surface area contributed by atoms with E-state index in [-0.39, 0.29) is 11.8 Å². The molecule has 0 radical (unpaired) electrons. The van der Waals surface area contributed by atoms with Gasteiger partial charge in [-0.15, -0.1) is 0 Å². The first kappa shape index (κ1) is 19.2. The van der Waals surface area contributed by atoms with Crippen molar-refractivity contribution < 1.29 is 9.59 Å². The number of nitrogens with one attached hydrogen (secondary N) is 1. The van der Waals surface area contributed by atoms with Crippen LogP contribution in [0.25, 0.3) is 0 Å². The number of amides is 2. The number of nitrogens with zero attached hydrogens (tertiary/aromatic N) is 1. The summed E-state index contributed by atoms with van der Waals surface area (Å²) in [7, 11) is 0. The fraction of sp³-hybridized carbons (Fsp3) is 0.263. The Morgan fingerprint density at radius 3 is 2.50 bits per heavy atom. The van der Waals surface area contributed by atoms with Gasteiger partial charge in [0.2, 0.25) is 5.91 Å². The van der Waals surface area contributed by atoms with Crippen molar-refractivity contribution in [3.63, 3.8) is 0 Å². The average molecular weight is 456 g/mol. The van der Waals surface area contributed by atoms with Gasteiger partial charge in [-0.1, -0.05) is 29.3 Å². The second kappa shape index (κ2) is 7.99. The van der Waals surface area contributed by atoms with Crippen LogP contribution in [0.3, 0.4) is 0 Å². The predicted molar refractivity (Wildman–Crippen MR) is 108 cm³/mol. The molecular weight excluding hydrogens is 439 g/mol. The van der Waals surface area contributed by atoms with E-state index < -0.39 is 6.04 Å². The minimum absolute atomic E-state index is 0.200. The number of carbonyl (C=O) groups excluding carboxylic acids is 2. The Bertz CT molecular complexity index is 852. The number of aryl methyl sites for hydroxylation is 1. The number of halogens is 3. The van der Waals surface area contributed by atoms with E-state index in [0.29, 0.717) is 34.3 Å². The van der Waals surface area contributed by atoms with Crippen molar-refractivity contribution in [2.75, 3.05) is 11.9 Å². The van der Waals surface area contributed by atoms with Crippen molar-refractivity contribution in [1.29, 1.82) is 0 Å². The number of rotatable bonds is 3. The number of anilines is 1. The highest BCUT2D eigenvalue weighted by Crippen LogP contribution is 2.27. The summed E-state index contributed by atoms with van der Waals surface area (Å²) in [5.41, 5.74) is 2.16. The van der Waals surface area contributed by atoms with E-state index in [2.05, 4.69) is 21.2 Å². The molecule has 1 aliphatic heterocycles. The third-order valence-corrected chi connectivity index (χ3v) is 5.40. The fourth-order valence-corrected chi connectivity index (χ4v) is 4.18. The summed E-state index contributed by atoms with van der Waals surface area (Å²) >= 11 is 15.5. The van der Waals surface area contributed by atoms with Crippen LogP contribution in [0.5, 0.6) is 0 Å². The number of carbonyl (C=O) groups is 2. The Balaban J connectivity index is 1.78. The van der Waals surface area contributed by atoms with E-state index in [1.165, 1.54) is 0 Å². The van der Waals surface area contributed by atoms with Gasteiger partial charge in [0.05, 0.1) is 5.69 Å². The van der Waals surface area contributed by atoms with Crippen LogP contribution in [0.4, 0.5) is 5.69 Å². The zero-order valence-corrected chi connectivity index (χ0v) is 17.2. The number of likely N-dealkylation sites (tertiary alicyclic amines) is 1.